The summed E-state index contributed by atoms with van der Waals surface area (Å²) in [6, 6.07) is 0.914. The molecular formula is C12H20N2O4. The van der Waals surface area contributed by atoms with Crippen LogP contribution >= 0.6 is 0 Å². The van der Waals surface area contributed by atoms with E-state index in [9.17, 15) is 9.59 Å². The average Bonchev–Trinajstić information content (AvgIpc) is 3.17. The van der Waals surface area contributed by atoms with Crippen LogP contribution in [0.15, 0.2) is 0 Å². The van der Waals surface area contributed by atoms with E-state index in [0.29, 0.717) is 12.1 Å². The first-order chi connectivity index (χ1) is 8.56. The molecule has 0 aromatic heterocycles. The Hall–Kier alpha value is -1.14. The first-order valence-electron chi connectivity index (χ1n) is 6.48. The molecule has 0 aliphatic carbocycles. The molecule has 2 aliphatic rings. The van der Waals surface area contributed by atoms with Gasteiger partial charge in [-0.05, 0) is 12.8 Å². The first-order valence-corrected chi connectivity index (χ1v) is 6.48. The molecule has 4 unspecified atom stereocenters. The van der Waals surface area contributed by atoms with Crippen molar-refractivity contribution in [2.45, 2.75) is 37.8 Å². The second kappa shape index (κ2) is 5.67. The van der Waals surface area contributed by atoms with Gasteiger partial charge in [0.1, 0.15) is 0 Å². The molecule has 0 radical (unpaired) electrons. The SMILES string of the molecule is O=C(O)CCC1CN1CCN1CC1CCC(=O)O. The Labute approximate surface area is 106 Å². The summed E-state index contributed by atoms with van der Waals surface area (Å²) in [6.07, 6.45) is 2.01. The standard InChI is InChI=1S/C12H20N2O4/c15-11(16)3-1-9-7-13(9)5-6-14-8-10(14)2-4-12(17)18/h9-10H,1-8H2,(H,15,16)(H,17,18). The largest absolute Gasteiger partial charge is 0.481 e. The van der Waals surface area contributed by atoms with Crippen LogP contribution in [0.3, 0.4) is 0 Å². The van der Waals surface area contributed by atoms with E-state index in [2.05, 4.69) is 9.80 Å². The van der Waals surface area contributed by atoms with Crippen molar-refractivity contribution in [3.05, 3.63) is 0 Å². The molecule has 0 amide bonds. The van der Waals surface area contributed by atoms with Crippen LogP contribution in [0.2, 0.25) is 0 Å². The Morgan fingerprint density at radius 2 is 1.28 bits per heavy atom. The number of hydrogen-bond donors (Lipinski definition) is 2. The molecule has 6 heteroatoms. The predicted molar refractivity (Wildman–Crippen MR) is 64.5 cm³/mol. The van der Waals surface area contributed by atoms with Crippen molar-refractivity contribution < 1.29 is 19.8 Å². The molecule has 2 saturated heterocycles. The number of nitrogens with zero attached hydrogens (tertiary/aromatic N) is 2. The van der Waals surface area contributed by atoms with Gasteiger partial charge in [-0.25, -0.2) is 0 Å². The van der Waals surface area contributed by atoms with Crippen LogP contribution in [-0.4, -0.2) is 70.2 Å². The van der Waals surface area contributed by atoms with Crippen LogP contribution in [0.5, 0.6) is 0 Å². The van der Waals surface area contributed by atoms with E-state index in [0.717, 1.165) is 39.0 Å². The van der Waals surface area contributed by atoms with Gasteiger partial charge < -0.3 is 10.2 Å². The lowest BCUT2D eigenvalue weighted by atomic mass is 10.2. The van der Waals surface area contributed by atoms with E-state index in [1.807, 2.05) is 0 Å². The smallest absolute Gasteiger partial charge is 0.303 e. The lowest BCUT2D eigenvalue weighted by molar-refractivity contribution is -0.138. The van der Waals surface area contributed by atoms with Gasteiger partial charge in [-0.15, -0.1) is 0 Å². The van der Waals surface area contributed by atoms with E-state index in [1.165, 1.54) is 0 Å². The van der Waals surface area contributed by atoms with Crippen molar-refractivity contribution in [2.75, 3.05) is 26.2 Å². The van der Waals surface area contributed by atoms with Crippen LogP contribution < -0.4 is 0 Å². The normalized spacial score (nSPS) is 33.1. The van der Waals surface area contributed by atoms with E-state index in [4.69, 9.17) is 10.2 Å². The highest BCUT2D eigenvalue weighted by molar-refractivity contribution is 5.67. The highest BCUT2D eigenvalue weighted by Crippen LogP contribution is 2.25. The zero-order chi connectivity index (χ0) is 13.1. The van der Waals surface area contributed by atoms with Gasteiger partial charge in [-0.2, -0.15) is 0 Å². The van der Waals surface area contributed by atoms with Gasteiger partial charge in [0.25, 0.3) is 0 Å². The molecule has 0 spiro atoms. The Bertz CT molecular complexity index is 302. The van der Waals surface area contributed by atoms with Gasteiger partial charge in [-0.1, -0.05) is 0 Å². The van der Waals surface area contributed by atoms with E-state index in [-0.39, 0.29) is 12.8 Å². The second-order valence-corrected chi connectivity index (χ2v) is 5.16. The Balaban J connectivity index is 1.48. The minimum atomic E-state index is -0.721. The predicted octanol–water partition coefficient (Wildman–Crippen LogP) is 0.0844. The monoisotopic (exact) mass is 256 g/mol. The number of aliphatic carboxylic acids is 2. The third kappa shape index (κ3) is 4.27. The summed E-state index contributed by atoms with van der Waals surface area (Å²) in [5.41, 5.74) is 0. The summed E-state index contributed by atoms with van der Waals surface area (Å²) < 4.78 is 0. The highest BCUT2D eigenvalue weighted by Gasteiger charge is 2.37. The maximum absolute atomic E-state index is 10.4. The second-order valence-electron chi connectivity index (χ2n) is 5.16. The Morgan fingerprint density at radius 3 is 1.61 bits per heavy atom. The third-order valence-corrected chi connectivity index (χ3v) is 3.71. The maximum atomic E-state index is 10.4. The fourth-order valence-electron chi connectivity index (χ4n) is 2.38. The summed E-state index contributed by atoms with van der Waals surface area (Å²) in [7, 11) is 0. The number of carboxylic acid groups (broad SMARTS) is 2. The summed E-state index contributed by atoms with van der Waals surface area (Å²) in [4.78, 5) is 25.4. The maximum Gasteiger partial charge on any atom is 0.303 e. The van der Waals surface area contributed by atoms with E-state index in [1.54, 1.807) is 0 Å². The molecule has 2 rings (SSSR count). The van der Waals surface area contributed by atoms with Gasteiger partial charge in [0.05, 0.1) is 0 Å². The van der Waals surface area contributed by atoms with Crippen LogP contribution in [0, 0.1) is 0 Å². The van der Waals surface area contributed by atoms with Gasteiger partial charge >= 0.3 is 11.9 Å². The number of carbonyl (C=O) groups is 2. The fraction of sp³-hybridized carbons (Fsp3) is 0.833. The van der Waals surface area contributed by atoms with Gasteiger partial charge in [0.2, 0.25) is 0 Å². The number of carboxylic acids is 2. The van der Waals surface area contributed by atoms with Crippen LogP contribution in [0.25, 0.3) is 0 Å². The van der Waals surface area contributed by atoms with Crippen LogP contribution in [-0.2, 0) is 9.59 Å². The molecule has 4 atom stereocenters. The fourth-order valence-corrected chi connectivity index (χ4v) is 2.38. The van der Waals surface area contributed by atoms with Crippen molar-refractivity contribution in [1.29, 1.82) is 0 Å². The van der Waals surface area contributed by atoms with E-state index >= 15 is 0 Å². The molecule has 2 heterocycles. The number of hydrogen-bond acceptors (Lipinski definition) is 4. The summed E-state index contributed by atoms with van der Waals surface area (Å²) in [6.45, 7) is 3.99. The van der Waals surface area contributed by atoms with Crippen LogP contribution in [0.1, 0.15) is 25.7 Å². The molecule has 102 valence electrons. The molecule has 6 nitrogen and oxygen atoms in total. The van der Waals surface area contributed by atoms with Gasteiger partial charge in [0, 0.05) is 51.1 Å². The summed E-state index contributed by atoms with van der Waals surface area (Å²) >= 11 is 0. The van der Waals surface area contributed by atoms with Crippen molar-refractivity contribution in [3.8, 4) is 0 Å². The summed E-state index contributed by atoms with van der Waals surface area (Å²) in [5.74, 6) is -1.44. The zero-order valence-electron chi connectivity index (χ0n) is 10.4. The molecule has 0 saturated carbocycles. The van der Waals surface area contributed by atoms with Crippen molar-refractivity contribution >= 4 is 11.9 Å². The van der Waals surface area contributed by atoms with Crippen molar-refractivity contribution in [2.24, 2.45) is 0 Å². The highest BCUT2D eigenvalue weighted by atomic mass is 16.4. The molecule has 18 heavy (non-hydrogen) atoms. The molecule has 0 aromatic rings. The number of rotatable bonds is 9. The van der Waals surface area contributed by atoms with Crippen LogP contribution in [0.4, 0.5) is 0 Å². The third-order valence-electron chi connectivity index (χ3n) is 3.71. The summed E-state index contributed by atoms with van der Waals surface area (Å²) in [5, 5.41) is 17.1. The van der Waals surface area contributed by atoms with Crippen molar-refractivity contribution in [1.82, 2.24) is 9.80 Å². The Kier molecular flexibility index (Phi) is 4.19. The minimum absolute atomic E-state index is 0.256. The topological polar surface area (TPSA) is 80.6 Å². The average molecular weight is 256 g/mol. The molecule has 2 fully saturated rings. The first kappa shape index (κ1) is 13.3. The van der Waals surface area contributed by atoms with Crippen molar-refractivity contribution in [3.63, 3.8) is 0 Å². The zero-order valence-corrected chi connectivity index (χ0v) is 10.4. The van der Waals surface area contributed by atoms with Gasteiger partial charge in [0.15, 0.2) is 0 Å². The molecule has 2 aliphatic heterocycles. The lowest BCUT2D eigenvalue weighted by Gasteiger charge is -2.05. The molecule has 2 N–H and O–H groups in total. The molecular weight excluding hydrogens is 236 g/mol. The molecule has 0 aromatic carbocycles. The molecule has 0 bridgehead atoms. The van der Waals surface area contributed by atoms with E-state index < -0.39 is 11.9 Å². The Morgan fingerprint density at radius 1 is 0.889 bits per heavy atom. The quantitative estimate of drug-likeness (QED) is 0.569. The lowest BCUT2D eigenvalue weighted by Crippen LogP contribution is -2.16. The minimum Gasteiger partial charge on any atom is -0.481 e. The van der Waals surface area contributed by atoms with Gasteiger partial charge in [-0.3, -0.25) is 19.4 Å².